The van der Waals surface area contributed by atoms with E-state index in [4.69, 9.17) is 4.74 Å². The number of hydrogen-bond donors (Lipinski definition) is 2. The molecule has 0 saturated heterocycles. The average molecular weight is 317 g/mol. The normalized spacial score (nSPS) is 22.3. The van der Waals surface area contributed by atoms with Crippen LogP contribution in [-0.2, 0) is 5.41 Å². The molecule has 23 heavy (non-hydrogen) atoms. The van der Waals surface area contributed by atoms with Gasteiger partial charge < -0.3 is 15.2 Å². The molecule has 0 bridgehead atoms. The van der Waals surface area contributed by atoms with Gasteiger partial charge in [0.1, 0.15) is 17.9 Å². The molecule has 0 fully saturated rings. The minimum atomic E-state index is -0.737. The van der Waals surface area contributed by atoms with Crippen molar-refractivity contribution >= 4 is 5.69 Å². The van der Waals surface area contributed by atoms with Crippen molar-refractivity contribution in [3.05, 3.63) is 47.8 Å². The molecular formula is C17H20FN3O2. The number of aliphatic hydroxyl groups is 1. The number of benzene rings is 1. The molecule has 1 aromatic heterocycles. The molecule has 122 valence electrons. The SMILES string of the molecule is COc1ccc(F)c2c1C(C)(C)CC(O)C2Nc1cncnc1. The Kier molecular flexibility index (Phi) is 3.93. The third kappa shape index (κ3) is 2.74. The van der Waals surface area contributed by atoms with E-state index >= 15 is 0 Å². The average Bonchev–Trinajstić information content (AvgIpc) is 2.52. The topological polar surface area (TPSA) is 67.3 Å². The number of anilines is 1. The molecule has 6 heteroatoms. The molecule has 0 amide bonds. The van der Waals surface area contributed by atoms with Gasteiger partial charge in [0.05, 0.1) is 37.3 Å². The molecule has 3 rings (SSSR count). The Morgan fingerprint density at radius 3 is 2.65 bits per heavy atom. The van der Waals surface area contributed by atoms with E-state index in [1.165, 1.54) is 12.4 Å². The van der Waals surface area contributed by atoms with Gasteiger partial charge in [0.15, 0.2) is 0 Å². The van der Waals surface area contributed by atoms with Crippen molar-refractivity contribution in [1.82, 2.24) is 9.97 Å². The Balaban J connectivity index is 2.13. The van der Waals surface area contributed by atoms with Crippen LogP contribution in [0.1, 0.15) is 37.4 Å². The summed E-state index contributed by atoms with van der Waals surface area (Å²) < 4.78 is 20.1. The van der Waals surface area contributed by atoms with Crippen molar-refractivity contribution in [3.63, 3.8) is 0 Å². The number of methoxy groups -OCH3 is 1. The van der Waals surface area contributed by atoms with Gasteiger partial charge in [-0.1, -0.05) is 13.8 Å². The lowest BCUT2D eigenvalue weighted by molar-refractivity contribution is 0.103. The van der Waals surface area contributed by atoms with E-state index in [0.717, 1.165) is 5.56 Å². The van der Waals surface area contributed by atoms with Gasteiger partial charge in [-0.15, -0.1) is 0 Å². The van der Waals surface area contributed by atoms with Gasteiger partial charge in [-0.2, -0.15) is 0 Å². The highest BCUT2D eigenvalue weighted by atomic mass is 19.1. The summed E-state index contributed by atoms with van der Waals surface area (Å²) in [4.78, 5) is 7.88. The van der Waals surface area contributed by atoms with E-state index < -0.39 is 17.6 Å². The van der Waals surface area contributed by atoms with Crippen molar-refractivity contribution < 1.29 is 14.2 Å². The summed E-state index contributed by atoms with van der Waals surface area (Å²) in [5.74, 6) is 0.274. The van der Waals surface area contributed by atoms with Crippen molar-refractivity contribution in [2.75, 3.05) is 12.4 Å². The summed E-state index contributed by atoms with van der Waals surface area (Å²) in [6, 6.07) is 2.43. The Hall–Kier alpha value is -2.21. The number of rotatable bonds is 3. The van der Waals surface area contributed by atoms with E-state index in [-0.39, 0.29) is 5.82 Å². The van der Waals surface area contributed by atoms with Crippen LogP contribution < -0.4 is 10.1 Å². The van der Waals surface area contributed by atoms with Crippen molar-refractivity contribution in [1.29, 1.82) is 0 Å². The van der Waals surface area contributed by atoms with Gasteiger partial charge in [0.25, 0.3) is 0 Å². The van der Waals surface area contributed by atoms with Crippen LogP contribution in [0.4, 0.5) is 10.1 Å². The monoisotopic (exact) mass is 317 g/mol. The van der Waals surface area contributed by atoms with Crippen LogP contribution in [0.15, 0.2) is 30.9 Å². The van der Waals surface area contributed by atoms with Crippen LogP contribution >= 0.6 is 0 Å². The Morgan fingerprint density at radius 1 is 1.30 bits per heavy atom. The number of aromatic nitrogens is 2. The fraction of sp³-hybridized carbons (Fsp3) is 0.412. The van der Waals surface area contributed by atoms with Gasteiger partial charge in [-0.3, -0.25) is 0 Å². The predicted molar refractivity (Wildman–Crippen MR) is 85.0 cm³/mol. The molecule has 0 radical (unpaired) electrons. The van der Waals surface area contributed by atoms with E-state index in [1.54, 1.807) is 25.6 Å². The van der Waals surface area contributed by atoms with Crippen molar-refractivity contribution in [3.8, 4) is 5.75 Å². The van der Waals surface area contributed by atoms with Crippen LogP contribution in [0.5, 0.6) is 5.75 Å². The van der Waals surface area contributed by atoms with Gasteiger partial charge in [0.2, 0.25) is 0 Å². The number of nitrogens with one attached hydrogen (secondary N) is 1. The molecule has 0 aliphatic heterocycles. The summed E-state index contributed by atoms with van der Waals surface area (Å²) in [5, 5.41) is 13.7. The molecule has 1 aromatic carbocycles. The highest BCUT2D eigenvalue weighted by Crippen LogP contribution is 2.47. The molecule has 2 atom stereocenters. The zero-order valence-corrected chi connectivity index (χ0v) is 13.4. The van der Waals surface area contributed by atoms with Gasteiger partial charge >= 0.3 is 0 Å². The Bertz CT molecular complexity index is 706. The third-order valence-corrected chi connectivity index (χ3v) is 4.35. The van der Waals surface area contributed by atoms with Crippen LogP contribution in [0.25, 0.3) is 0 Å². The molecule has 1 aliphatic rings. The maximum Gasteiger partial charge on any atom is 0.129 e. The first kappa shape index (κ1) is 15.7. The summed E-state index contributed by atoms with van der Waals surface area (Å²) in [6.45, 7) is 3.97. The molecule has 2 aromatic rings. The summed E-state index contributed by atoms with van der Waals surface area (Å²) in [7, 11) is 1.57. The quantitative estimate of drug-likeness (QED) is 0.911. The summed E-state index contributed by atoms with van der Waals surface area (Å²) in [6.07, 6.45) is 4.36. The molecule has 2 N–H and O–H groups in total. The highest BCUT2D eigenvalue weighted by molar-refractivity contribution is 5.53. The summed E-state index contributed by atoms with van der Waals surface area (Å²) >= 11 is 0. The maximum absolute atomic E-state index is 14.6. The van der Waals surface area contributed by atoms with Gasteiger partial charge in [-0.25, -0.2) is 14.4 Å². The minimum absolute atomic E-state index is 0.359. The number of nitrogens with zero attached hydrogens (tertiary/aromatic N) is 2. The molecule has 0 saturated carbocycles. The smallest absolute Gasteiger partial charge is 0.129 e. The number of hydrogen-bond acceptors (Lipinski definition) is 5. The standard InChI is InChI=1S/C17H20FN3O2/c1-17(2)6-12(22)16(21-10-7-19-9-20-8-10)14-11(18)4-5-13(23-3)15(14)17/h4-5,7-9,12,16,21-22H,6H2,1-3H3. The van der Waals surface area contributed by atoms with Crippen LogP contribution in [0.3, 0.4) is 0 Å². The van der Waals surface area contributed by atoms with Crippen molar-refractivity contribution in [2.45, 2.75) is 37.8 Å². The van der Waals surface area contributed by atoms with Gasteiger partial charge in [0, 0.05) is 11.1 Å². The first-order chi connectivity index (χ1) is 10.9. The first-order valence-electron chi connectivity index (χ1n) is 7.50. The first-order valence-corrected chi connectivity index (χ1v) is 7.50. The lowest BCUT2D eigenvalue weighted by atomic mass is 9.69. The molecule has 5 nitrogen and oxygen atoms in total. The minimum Gasteiger partial charge on any atom is -0.496 e. The van der Waals surface area contributed by atoms with E-state index in [2.05, 4.69) is 15.3 Å². The van der Waals surface area contributed by atoms with Crippen LogP contribution in [0.2, 0.25) is 0 Å². The molecule has 0 spiro atoms. The van der Waals surface area contributed by atoms with E-state index in [0.29, 0.717) is 23.4 Å². The Labute approximate surface area is 134 Å². The van der Waals surface area contributed by atoms with E-state index in [1.807, 2.05) is 13.8 Å². The van der Waals surface area contributed by atoms with Crippen molar-refractivity contribution in [2.24, 2.45) is 0 Å². The highest BCUT2D eigenvalue weighted by Gasteiger charge is 2.42. The largest absolute Gasteiger partial charge is 0.496 e. The number of aliphatic hydroxyl groups excluding tert-OH is 1. The maximum atomic E-state index is 14.6. The van der Waals surface area contributed by atoms with Crippen LogP contribution in [0, 0.1) is 5.82 Å². The second-order valence-corrected chi connectivity index (χ2v) is 6.44. The Morgan fingerprint density at radius 2 is 2.00 bits per heavy atom. The van der Waals surface area contributed by atoms with Crippen LogP contribution in [-0.4, -0.2) is 28.3 Å². The lowest BCUT2D eigenvalue weighted by Gasteiger charge is -2.41. The zero-order valence-electron chi connectivity index (χ0n) is 13.4. The number of halogens is 1. The number of ether oxygens (including phenoxy) is 1. The third-order valence-electron chi connectivity index (χ3n) is 4.35. The lowest BCUT2D eigenvalue weighted by Crippen LogP contribution is -2.40. The van der Waals surface area contributed by atoms with E-state index in [9.17, 15) is 9.50 Å². The summed E-state index contributed by atoms with van der Waals surface area (Å²) in [5.41, 5.74) is 1.47. The second-order valence-electron chi connectivity index (χ2n) is 6.44. The number of fused-ring (bicyclic) bond motifs is 1. The zero-order chi connectivity index (χ0) is 16.6. The molecule has 1 aliphatic carbocycles. The fourth-order valence-corrected chi connectivity index (χ4v) is 3.40. The predicted octanol–water partition coefficient (Wildman–Crippen LogP) is 2.82. The molecular weight excluding hydrogens is 297 g/mol. The second kappa shape index (κ2) is 5.77. The van der Waals surface area contributed by atoms with Gasteiger partial charge in [-0.05, 0) is 24.0 Å². The molecule has 1 heterocycles. The fourth-order valence-electron chi connectivity index (χ4n) is 3.40. The molecule has 2 unspecified atom stereocenters.